The molecule has 0 saturated carbocycles. The number of carbonyl (C=O) groups excluding carboxylic acids is 1. The molecule has 0 atom stereocenters. The molecule has 1 aromatic carbocycles. The maximum absolute atomic E-state index is 10.7. The molecule has 0 aliphatic carbocycles. The van der Waals surface area contributed by atoms with Crippen molar-refractivity contribution in [1.29, 1.82) is 0 Å². The Balaban J connectivity index is 2.93. The molecule has 1 nitrogen and oxygen atoms in total. The number of ketones is 1. The van der Waals surface area contributed by atoms with Crippen molar-refractivity contribution >= 4 is 36.4 Å². The Morgan fingerprint density at radius 1 is 1.38 bits per heavy atom. The second-order valence-electron chi connectivity index (χ2n) is 2.69. The van der Waals surface area contributed by atoms with Gasteiger partial charge in [0, 0.05) is 0 Å². The number of hydrogen-bond donors (Lipinski definition) is 0. The van der Waals surface area contributed by atoms with E-state index in [1.54, 1.807) is 13.0 Å². The second kappa shape index (κ2) is 5.21. The Labute approximate surface area is 88.9 Å². The van der Waals surface area contributed by atoms with Crippen molar-refractivity contribution in [2.24, 2.45) is 0 Å². The van der Waals surface area contributed by atoms with Gasteiger partial charge in [0.15, 0.2) is 0 Å². The molecule has 0 unspecified atom stereocenters. The van der Waals surface area contributed by atoms with E-state index in [0.29, 0.717) is 0 Å². The van der Waals surface area contributed by atoms with Gasteiger partial charge in [0.1, 0.15) is 0 Å². The average molecular weight is 288 g/mol. The zero-order valence-corrected chi connectivity index (χ0v) is 10.1. The predicted molar refractivity (Wildman–Crippen MR) is 57.4 cm³/mol. The van der Waals surface area contributed by atoms with Crippen LogP contribution in [0.5, 0.6) is 0 Å². The molecule has 0 spiro atoms. The maximum atomic E-state index is 10.7. The van der Waals surface area contributed by atoms with Gasteiger partial charge >= 0.3 is 89.0 Å². The fraction of sp³-hybridized carbons (Fsp3) is 0.182. The standard InChI is InChI=1S/C11H12OTe/c1-9(12)7-8-10-5-3-4-6-11(10)13-2/h3-8H,1-2H3/b8-7+. The molecule has 1 aromatic rings. The van der Waals surface area contributed by atoms with E-state index in [2.05, 4.69) is 23.2 Å². The first-order valence-electron chi connectivity index (χ1n) is 4.05. The number of allylic oxidation sites excluding steroid dienone is 1. The second-order valence-corrected chi connectivity index (χ2v) is 5.11. The molecule has 0 aliphatic heterocycles. The molecule has 0 bridgehead atoms. The van der Waals surface area contributed by atoms with E-state index in [1.807, 2.05) is 12.1 Å². The molecule has 1 rings (SSSR count). The monoisotopic (exact) mass is 290 g/mol. The van der Waals surface area contributed by atoms with E-state index >= 15 is 0 Å². The fourth-order valence-electron chi connectivity index (χ4n) is 1.01. The zero-order chi connectivity index (χ0) is 9.68. The van der Waals surface area contributed by atoms with Gasteiger partial charge in [0.2, 0.25) is 0 Å². The van der Waals surface area contributed by atoms with Gasteiger partial charge in [0.25, 0.3) is 0 Å². The van der Waals surface area contributed by atoms with Crippen molar-refractivity contribution in [2.45, 2.75) is 11.9 Å². The van der Waals surface area contributed by atoms with Crippen LogP contribution in [0.3, 0.4) is 0 Å². The Kier molecular flexibility index (Phi) is 4.21. The van der Waals surface area contributed by atoms with Gasteiger partial charge < -0.3 is 0 Å². The summed E-state index contributed by atoms with van der Waals surface area (Å²) in [5.74, 6) is 0.103. The summed E-state index contributed by atoms with van der Waals surface area (Å²) in [6.07, 6.45) is 3.54. The van der Waals surface area contributed by atoms with Gasteiger partial charge in [-0.15, -0.1) is 0 Å². The van der Waals surface area contributed by atoms with E-state index < -0.39 is 0 Å². The van der Waals surface area contributed by atoms with Crippen LogP contribution in [0.1, 0.15) is 12.5 Å². The van der Waals surface area contributed by atoms with Crippen molar-refractivity contribution in [2.75, 3.05) is 0 Å². The van der Waals surface area contributed by atoms with Crippen LogP contribution >= 0.6 is 0 Å². The quantitative estimate of drug-likeness (QED) is 0.610. The summed E-state index contributed by atoms with van der Waals surface area (Å²) >= 11 is -0.0719. The number of benzene rings is 1. The van der Waals surface area contributed by atoms with Crippen LogP contribution in [0.4, 0.5) is 0 Å². The van der Waals surface area contributed by atoms with Gasteiger partial charge in [-0.1, -0.05) is 0 Å². The molecule has 0 heterocycles. The van der Waals surface area contributed by atoms with Gasteiger partial charge in [-0.25, -0.2) is 0 Å². The third-order valence-corrected chi connectivity index (χ3v) is 3.95. The van der Waals surface area contributed by atoms with E-state index in [4.69, 9.17) is 0 Å². The van der Waals surface area contributed by atoms with Crippen LogP contribution < -0.4 is 3.61 Å². The summed E-state index contributed by atoms with van der Waals surface area (Å²) in [4.78, 5) is 13.0. The Morgan fingerprint density at radius 2 is 2.08 bits per heavy atom. The SMILES string of the molecule is C[Te]c1ccccc1/C=C/C(C)=O. The average Bonchev–Trinajstić information content (AvgIpc) is 2.15. The van der Waals surface area contributed by atoms with Crippen LogP contribution in [0.2, 0.25) is 4.97 Å². The van der Waals surface area contributed by atoms with Crippen molar-refractivity contribution in [3.8, 4) is 0 Å². The van der Waals surface area contributed by atoms with Gasteiger partial charge in [-0.3, -0.25) is 0 Å². The fourth-order valence-corrected chi connectivity index (χ4v) is 2.68. The summed E-state index contributed by atoms with van der Waals surface area (Å²) in [7, 11) is 0. The molecule has 0 N–H and O–H groups in total. The van der Waals surface area contributed by atoms with Crippen molar-refractivity contribution in [3.05, 3.63) is 35.9 Å². The number of carbonyl (C=O) groups is 1. The van der Waals surface area contributed by atoms with Crippen LogP contribution in [0, 0.1) is 0 Å². The number of rotatable bonds is 3. The molecule has 0 radical (unpaired) electrons. The van der Waals surface area contributed by atoms with E-state index in [0.717, 1.165) is 0 Å². The molecule has 2 heteroatoms. The van der Waals surface area contributed by atoms with Crippen LogP contribution in [0.25, 0.3) is 6.08 Å². The summed E-state index contributed by atoms with van der Waals surface area (Å²) < 4.78 is 1.41. The molecular weight excluding hydrogens is 276 g/mol. The first-order chi connectivity index (χ1) is 6.24. The van der Waals surface area contributed by atoms with E-state index in [9.17, 15) is 4.79 Å². The third-order valence-electron chi connectivity index (χ3n) is 1.64. The molecule has 0 amide bonds. The minimum atomic E-state index is -0.0719. The summed E-state index contributed by atoms with van der Waals surface area (Å²) in [5, 5.41) is 0. The van der Waals surface area contributed by atoms with Gasteiger partial charge in [0.05, 0.1) is 0 Å². The topological polar surface area (TPSA) is 17.1 Å². The first kappa shape index (κ1) is 10.5. The van der Waals surface area contributed by atoms with Crippen molar-refractivity contribution in [3.63, 3.8) is 0 Å². The molecule has 0 aromatic heterocycles. The molecular formula is C11H12OTe. The van der Waals surface area contributed by atoms with Crippen LogP contribution in [0.15, 0.2) is 30.3 Å². The Morgan fingerprint density at radius 3 is 2.69 bits per heavy atom. The van der Waals surface area contributed by atoms with Gasteiger partial charge in [-0.2, -0.15) is 0 Å². The summed E-state index contributed by atoms with van der Waals surface area (Å²) in [5.41, 5.74) is 1.20. The van der Waals surface area contributed by atoms with Crippen molar-refractivity contribution < 1.29 is 4.79 Å². The molecule has 68 valence electrons. The molecule has 0 aliphatic rings. The Bertz CT molecular complexity index is 329. The van der Waals surface area contributed by atoms with Crippen LogP contribution in [-0.4, -0.2) is 26.7 Å². The Hall–Kier alpha value is -0.580. The zero-order valence-electron chi connectivity index (χ0n) is 7.78. The minimum absolute atomic E-state index is 0.0719. The third kappa shape index (κ3) is 3.34. The molecule has 0 fully saturated rings. The first-order valence-corrected chi connectivity index (χ1v) is 7.55. The predicted octanol–water partition coefficient (Wildman–Crippen LogP) is 1.67. The summed E-state index contributed by atoms with van der Waals surface area (Å²) in [6, 6.07) is 8.26. The molecule has 13 heavy (non-hydrogen) atoms. The van der Waals surface area contributed by atoms with E-state index in [-0.39, 0.29) is 26.7 Å². The summed E-state index contributed by atoms with van der Waals surface area (Å²) in [6.45, 7) is 1.57. The number of hydrogen-bond acceptors (Lipinski definition) is 1. The van der Waals surface area contributed by atoms with Gasteiger partial charge in [-0.05, 0) is 0 Å². The normalized spacial score (nSPS) is 10.6. The van der Waals surface area contributed by atoms with Crippen molar-refractivity contribution in [1.82, 2.24) is 0 Å². The molecule has 0 saturated heterocycles. The van der Waals surface area contributed by atoms with E-state index in [1.165, 1.54) is 9.17 Å². The van der Waals surface area contributed by atoms with Crippen LogP contribution in [-0.2, 0) is 4.79 Å².